The number of allylic oxidation sites excluding steroid dienone is 1. The molecule has 0 aliphatic heterocycles. The van der Waals surface area contributed by atoms with E-state index in [-0.39, 0.29) is 5.03 Å². The molecule has 6 heteroatoms. The first kappa shape index (κ1) is 14.8. The standard InChI is InChI=1S/C9H13ClO2.CH2O3/c1-9(2)5-6(9)4-7(10)8(11)12-3;2-1(3)4/h4,6H,5H2,1-3H3;(H2,2,3,4). The van der Waals surface area contributed by atoms with Crippen LogP contribution in [0.5, 0.6) is 0 Å². The molecule has 2 N–H and O–H groups in total. The number of carbonyl (C=O) groups excluding carboxylic acids is 1. The van der Waals surface area contributed by atoms with Gasteiger partial charge in [0.05, 0.1) is 7.11 Å². The van der Waals surface area contributed by atoms with E-state index in [2.05, 4.69) is 18.6 Å². The monoisotopic (exact) mass is 250 g/mol. The Bertz CT molecular complexity index is 304. The number of esters is 1. The lowest BCUT2D eigenvalue weighted by Crippen LogP contribution is -2.00. The molecule has 1 aliphatic carbocycles. The Hall–Kier alpha value is -1.23. The zero-order valence-corrected chi connectivity index (χ0v) is 10.1. The van der Waals surface area contributed by atoms with E-state index in [1.807, 2.05) is 0 Å². The van der Waals surface area contributed by atoms with Crippen LogP contribution in [0, 0.1) is 11.3 Å². The maximum atomic E-state index is 10.9. The summed E-state index contributed by atoms with van der Waals surface area (Å²) in [5.41, 5.74) is 0.314. The lowest BCUT2D eigenvalue weighted by atomic mass is 10.1. The van der Waals surface area contributed by atoms with Crippen molar-refractivity contribution in [1.29, 1.82) is 0 Å². The van der Waals surface area contributed by atoms with Gasteiger partial charge in [0.25, 0.3) is 0 Å². The number of halogens is 1. The number of carboxylic acid groups (broad SMARTS) is 2. The molecule has 0 aromatic heterocycles. The SMILES string of the molecule is COC(=O)C(Cl)=CC1CC1(C)C.O=C(O)O. The summed E-state index contributed by atoms with van der Waals surface area (Å²) in [4.78, 5) is 19.4. The maximum absolute atomic E-state index is 10.9. The van der Waals surface area contributed by atoms with Crippen LogP contribution in [0.15, 0.2) is 11.1 Å². The van der Waals surface area contributed by atoms with Crippen molar-refractivity contribution in [3.63, 3.8) is 0 Å². The van der Waals surface area contributed by atoms with Crippen molar-refractivity contribution in [1.82, 2.24) is 0 Å². The fourth-order valence-electron chi connectivity index (χ4n) is 1.13. The van der Waals surface area contributed by atoms with Crippen molar-refractivity contribution in [2.75, 3.05) is 7.11 Å². The third-order valence-electron chi connectivity index (χ3n) is 2.32. The molecule has 1 saturated carbocycles. The zero-order valence-electron chi connectivity index (χ0n) is 9.36. The third kappa shape index (κ3) is 5.60. The average Bonchev–Trinajstić information content (AvgIpc) is 2.71. The molecular formula is C10H15ClO5. The van der Waals surface area contributed by atoms with Crippen molar-refractivity contribution < 1.29 is 24.5 Å². The minimum Gasteiger partial charge on any atom is -0.465 e. The van der Waals surface area contributed by atoms with Crippen LogP contribution in [0.25, 0.3) is 0 Å². The van der Waals surface area contributed by atoms with Gasteiger partial charge in [-0.15, -0.1) is 0 Å². The molecule has 0 heterocycles. The number of ether oxygens (including phenoxy) is 1. The van der Waals surface area contributed by atoms with Crippen LogP contribution >= 0.6 is 11.6 Å². The Morgan fingerprint density at radius 1 is 1.44 bits per heavy atom. The molecule has 1 unspecified atom stereocenters. The summed E-state index contributed by atoms with van der Waals surface area (Å²) in [6.45, 7) is 4.30. The number of hydrogen-bond acceptors (Lipinski definition) is 3. The van der Waals surface area contributed by atoms with Crippen LogP contribution in [0.3, 0.4) is 0 Å². The van der Waals surface area contributed by atoms with Gasteiger partial charge in [0, 0.05) is 0 Å². The molecule has 1 fully saturated rings. The van der Waals surface area contributed by atoms with E-state index in [0.29, 0.717) is 11.3 Å². The van der Waals surface area contributed by atoms with Crippen molar-refractivity contribution in [2.24, 2.45) is 11.3 Å². The summed E-state index contributed by atoms with van der Waals surface area (Å²) < 4.78 is 4.47. The summed E-state index contributed by atoms with van der Waals surface area (Å²) in [6.07, 6.45) is 1.05. The van der Waals surface area contributed by atoms with Gasteiger partial charge in [-0.3, -0.25) is 0 Å². The molecule has 1 rings (SSSR count). The molecule has 1 aliphatic rings. The highest BCUT2D eigenvalue weighted by molar-refractivity contribution is 6.41. The fourth-order valence-corrected chi connectivity index (χ4v) is 1.36. The lowest BCUT2D eigenvalue weighted by Gasteiger charge is -1.98. The second-order valence-corrected chi connectivity index (χ2v) is 4.50. The van der Waals surface area contributed by atoms with Crippen molar-refractivity contribution >= 4 is 23.7 Å². The second kappa shape index (κ2) is 5.75. The lowest BCUT2D eigenvalue weighted by molar-refractivity contribution is -0.135. The molecule has 5 nitrogen and oxygen atoms in total. The molecule has 0 bridgehead atoms. The van der Waals surface area contributed by atoms with Crippen molar-refractivity contribution in [3.05, 3.63) is 11.1 Å². The Kier molecular flexibility index (Phi) is 5.30. The summed E-state index contributed by atoms with van der Waals surface area (Å²) in [5.74, 6) is -0.0107. The van der Waals surface area contributed by atoms with Crippen LogP contribution in [0.1, 0.15) is 20.3 Å². The molecule has 0 aromatic carbocycles. The first-order valence-corrected chi connectivity index (χ1v) is 4.96. The summed E-state index contributed by atoms with van der Waals surface area (Å²) in [5, 5.41) is 14.1. The molecule has 0 amide bonds. The third-order valence-corrected chi connectivity index (χ3v) is 2.60. The summed E-state index contributed by atoms with van der Waals surface area (Å²) in [7, 11) is 1.33. The quantitative estimate of drug-likeness (QED) is 0.581. The number of hydrogen-bond donors (Lipinski definition) is 2. The highest BCUT2D eigenvalue weighted by Crippen LogP contribution is 2.53. The number of rotatable bonds is 2. The van der Waals surface area contributed by atoms with Crippen LogP contribution < -0.4 is 0 Å². The first-order valence-electron chi connectivity index (χ1n) is 4.58. The normalized spacial score (nSPS) is 21.5. The minimum absolute atomic E-state index is 0.202. The molecule has 92 valence electrons. The van der Waals surface area contributed by atoms with Crippen molar-refractivity contribution in [3.8, 4) is 0 Å². The Morgan fingerprint density at radius 2 is 1.81 bits per heavy atom. The molecular weight excluding hydrogens is 236 g/mol. The van der Waals surface area contributed by atoms with Crippen LogP contribution in [-0.4, -0.2) is 29.4 Å². The van der Waals surface area contributed by atoms with E-state index in [1.165, 1.54) is 7.11 Å². The summed E-state index contributed by atoms with van der Waals surface area (Å²) >= 11 is 5.68. The first-order chi connectivity index (χ1) is 7.20. The summed E-state index contributed by atoms with van der Waals surface area (Å²) in [6, 6.07) is 0. The molecule has 0 aromatic rings. The Labute approximate surface area is 98.7 Å². The molecule has 0 saturated heterocycles. The predicted octanol–water partition coefficient (Wildman–Crippen LogP) is 2.55. The Balaban J connectivity index is 0.000000487. The van der Waals surface area contributed by atoms with Gasteiger partial charge in [-0.05, 0) is 17.8 Å². The molecule has 0 spiro atoms. The van der Waals surface area contributed by atoms with E-state index in [1.54, 1.807) is 6.08 Å². The van der Waals surface area contributed by atoms with Gasteiger partial charge >= 0.3 is 12.1 Å². The molecule has 0 radical (unpaired) electrons. The zero-order chi connectivity index (χ0) is 12.9. The highest BCUT2D eigenvalue weighted by atomic mass is 35.5. The number of carbonyl (C=O) groups is 2. The van der Waals surface area contributed by atoms with Gasteiger partial charge in [-0.25, -0.2) is 9.59 Å². The smallest absolute Gasteiger partial charge is 0.465 e. The number of methoxy groups -OCH3 is 1. The fraction of sp³-hybridized carbons (Fsp3) is 0.600. The van der Waals surface area contributed by atoms with Gasteiger partial charge in [0.2, 0.25) is 0 Å². The van der Waals surface area contributed by atoms with Gasteiger partial charge in [-0.2, -0.15) is 0 Å². The largest absolute Gasteiger partial charge is 0.503 e. The second-order valence-electron chi connectivity index (χ2n) is 4.09. The molecule has 1 atom stereocenters. The van der Waals surface area contributed by atoms with Crippen molar-refractivity contribution in [2.45, 2.75) is 20.3 Å². The van der Waals surface area contributed by atoms with E-state index in [0.717, 1.165) is 6.42 Å². The van der Waals surface area contributed by atoms with Gasteiger partial charge in [0.15, 0.2) is 0 Å². The highest BCUT2D eigenvalue weighted by Gasteiger charge is 2.44. The van der Waals surface area contributed by atoms with Crippen LogP contribution in [0.2, 0.25) is 0 Å². The van der Waals surface area contributed by atoms with Crippen LogP contribution in [-0.2, 0) is 9.53 Å². The maximum Gasteiger partial charge on any atom is 0.503 e. The average molecular weight is 251 g/mol. The van der Waals surface area contributed by atoms with Gasteiger partial charge in [0.1, 0.15) is 5.03 Å². The Morgan fingerprint density at radius 3 is 2.06 bits per heavy atom. The van der Waals surface area contributed by atoms with E-state index in [9.17, 15) is 4.79 Å². The van der Waals surface area contributed by atoms with E-state index < -0.39 is 12.1 Å². The van der Waals surface area contributed by atoms with E-state index in [4.69, 9.17) is 26.6 Å². The molecule has 16 heavy (non-hydrogen) atoms. The minimum atomic E-state index is -1.83. The van der Waals surface area contributed by atoms with Crippen LogP contribution in [0.4, 0.5) is 4.79 Å². The van der Waals surface area contributed by atoms with Gasteiger partial charge in [-0.1, -0.05) is 31.5 Å². The predicted molar refractivity (Wildman–Crippen MR) is 58.5 cm³/mol. The van der Waals surface area contributed by atoms with E-state index >= 15 is 0 Å². The topological polar surface area (TPSA) is 83.8 Å². The van der Waals surface area contributed by atoms with Gasteiger partial charge < -0.3 is 14.9 Å².